The number of rotatable bonds is 0. The number of benzene rings is 2. The predicted molar refractivity (Wildman–Crippen MR) is 66.4 cm³/mol. The van der Waals surface area contributed by atoms with Crippen LogP contribution >= 0.6 is 0 Å². The molecule has 3 nitrogen and oxygen atoms in total. The molecule has 2 aromatic carbocycles. The van der Waals surface area contributed by atoms with Crippen molar-refractivity contribution in [3.8, 4) is 0 Å². The molecule has 0 unspecified atom stereocenters. The van der Waals surface area contributed by atoms with E-state index in [1.807, 2.05) is 19.1 Å². The fourth-order valence-electron chi connectivity index (χ4n) is 2.02. The predicted octanol–water partition coefficient (Wildman–Crippen LogP) is 2.88. The number of fused-ring (bicyclic) bond motifs is 2. The maximum absolute atomic E-state index is 12.4. The van der Waals surface area contributed by atoms with Gasteiger partial charge in [-0.15, -0.1) is 0 Å². The van der Waals surface area contributed by atoms with E-state index < -0.39 is 9.84 Å². The Balaban J connectivity index is 2.36. The highest BCUT2D eigenvalue weighted by atomic mass is 32.2. The third-order valence-electron chi connectivity index (χ3n) is 2.87. The molecule has 0 atom stereocenters. The zero-order chi connectivity index (χ0) is 12.0. The monoisotopic (exact) mass is 245 g/mol. The first kappa shape index (κ1) is 10.4. The average molecular weight is 245 g/mol. The van der Waals surface area contributed by atoms with Gasteiger partial charge in [0.25, 0.3) is 0 Å². The van der Waals surface area contributed by atoms with Crippen molar-refractivity contribution in [3.05, 3.63) is 48.0 Å². The molecule has 1 N–H and O–H groups in total. The largest absolute Gasteiger partial charge is 0.353 e. The van der Waals surface area contributed by atoms with E-state index in [4.69, 9.17) is 0 Å². The van der Waals surface area contributed by atoms with Crippen LogP contribution in [0.1, 0.15) is 5.56 Å². The molecule has 0 saturated carbocycles. The second-order valence-corrected chi connectivity index (χ2v) is 6.01. The van der Waals surface area contributed by atoms with E-state index in [2.05, 4.69) is 5.32 Å². The van der Waals surface area contributed by atoms with Crippen LogP contribution in [0.5, 0.6) is 0 Å². The van der Waals surface area contributed by atoms with Crippen LogP contribution in [-0.2, 0) is 9.84 Å². The molecular weight excluding hydrogens is 234 g/mol. The second kappa shape index (κ2) is 3.34. The summed E-state index contributed by atoms with van der Waals surface area (Å²) in [6.45, 7) is 1.89. The summed E-state index contributed by atoms with van der Waals surface area (Å²) in [4.78, 5) is 0.703. The Morgan fingerprint density at radius 2 is 1.65 bits per heavy atom. The van der Waals surface area contributed by atoms with Crippen LogP contribution in [0.4, 0.5) is 11.4 Å². The summed E-state index contributed by atoms with van der Waals surface area (Å²) in [6.07, 6.45) is 0. The minimum absolute atomic E-state index is 0.345. The molecule has 0 fully saturated rings. The van der Waals surface area contributed by atoms with Gasteiger partial charge in [0.15, 0.2) is 0 Å². The van der Waals surface area contributed by atoms with Crippen molar-refractivity contribution < 1.29 is 8.42 Å². The lowest BCUT2D eigenvalue weighted by Gasteiger charge is -2.21. The van der Waals surface area contributed by atoms with Gasteiger partial charge >= 0.3 is 0 Å². The van der Waals surface area contributed by atoms with E-state index in [1.165, 1.54) is 0 Å². The summed E-state index contributed by atoms with van der Waals surface area (Å²) in [5, 5.41) is 3.14. The molecule has 0 saturated heterocycles. The van der Waals surface area contributed by atoms with Gasteiger partial charge in [0.1, 0.15) is 0 Å². The summed E-state index contributed by atoms with van der Waals surface area (Å²) in [7, 11) is -3.39. The van der Waals surface area contributed by atoms with E-state index in [0.29, 0.717) is 21.2 Å². The molecule has 0 aromatic heterocycles. The Hall–Kier alpha value is -1.81. The molecule has 1 aliphatic heterocycles. The number of para-hydroxylation sites is 1. The summed E-state index contributed by atoms with van der Waals surface area (Å²) in [6, 6.07) is 12.4. The number of hydrogen-bond acceptors (Lipinski definition) is 3. The first-order chi connectivity index (χ1) is 8.09. The zero-order valence-electron chi connectivity index (χ0n) is 9.27. The van der Waals surface area contributed by atoms with E-state index in [-0.39, 0.29) is 0 Å². The van der Waals surface area contributed by atoms with E-state index in [0.717, 1.165) is 5.56 Å². The fraction of sp³-hybridized carbons (Fsp3) is 0.0769. The molecule has 1 aliphatic rings. The maximum atomic E-state index is 12.4. The standard InChI is InChI=1S/C13H11NO2S/c1-9-6-7-11-13(8-9)17(15,16)12-5-3-2-4-10(12)14-11/h2-8,14H,1H3. The molecule has 0 bridgehead atoms. The van der Waals surface area contributed by atoms with Crippen molar-refractivity contribution in [1.29, 1.82) is 0 Å². The van der Waals surface area contributed by atoms with Gasteiger partial charge in [-0.2, -0.15) is 0 Å². The number of anilines is 2. The van der Waals surface area contributed by atoms with E-state index in [9.17, 15) is 8.42 Å². The molecule has 0 aliphatic carbocycles. The Morgan fingerprint density at radius 3 is 2.47 bits per heavy atom. The van der Waals surface area contributed by atoms with Gasteiger partial charge in [-0.3, -0.25) is 0 Å². The summed E-state index contributed by atoms with van der Waals surface area (Å²) in [5.41, 5.74) is 2.23. The number of sulfone groups is 1. The highest BCUT2D eigenvalue weighted by Gasteiger charge is 2.28. The summed E-state index contributed by atoms with van der Waals surface area (Å²) >= 11 is 0. The molecule has 0 spiro atoms. The van der Waals surface area contributed by atoms with Gasteiger partial charge in [0.05, 0.1) is 21.2 Å². The Labute approximate surface area is 100 Å². The van der Waals surface area contributed by atoms with Crippen LogP contribution in [0, 0.1) is 6.92 Å². The van der Waals surface area contributed by atoms with Gasteiger partial charge < -0.3 is 5.32 Å². The fourth-order valence-corrected chi connectivity index (χ4v) is 3.68. The molecule has 4 heteroatoms. The molecule has 2 aromatic rings. The topological polar surface area (TPSA) is 46.2 Å². The number of nitrogens with one attached hydrogen (secondary N) is 1. The van der Waals surface area contributed by atoms with Crippen molar-refractivity contribution in [2.45, 2.75) is 16.7 Å². The van der Waals surface area contributed by atoms with E-state index in [1.54, 1.807) is 30.3 Å². The van der Waals surface area contributed by atoms with Crippen LogP contribution in [0.3, 0.4) is 0 Å². The maximum Gasteiger partial charge on any atom is 0.210 e. The SMILES string of the molecule is Cc1ccc2c(c1)S(=O)(=O)c1ccccc1N2. The van der Waals surface area contributed by atoms with Crippen LogP contribution in [-0.4, -0.2) is 8.42 Å². The minimum Gasteiger partial charge on any atom is -0.353 e. The van der Waals surface area contributed by atoms with Crippen molar-refractivity contribution >= 4 is 21.2 Å². The molecule has 1 heterocycles. The van der Waals surface area contributed by atoms with Crippen molar-refractivity contribution in [1.82, 2.24) is 0 Å². The van der Waals surface area contributed by atoms with Crippen molar-refractivity contribution in [2.75, 3.05) is 5.32 Å². The zero-order valence-corrected chi connectivity index (χ0v) is 10.1. The Kier molecular flexibility index (Phi) is 2.03. The first-order valence-corrected chi connectivity index (χ1v) is 6.79. The third kappa shape index (κ3) is 1.45. The van der Waals surface area contributed by atoms with Crippen molar-refractivity contribution in [3.63, 3.8) is 0 Å². The molecule has 0 amide bonds. The van der Waals surface area contributed by atoms with Crippen molar-refractivity contribution in [2.24, 2.45) is 0 Å². The minimum atomic E-state index is -3.39. The number of hydrogen-bond donors (Lipinski definition) is 1. The van der Waals surface area contributed by atoms with Gasteiger partial charge in [-0.25, -0.2) is 8.42 Å². The average Bonchev–Trinajstić information content (AvgIpc) is 2.31. The van der Waals surface area contributed by atoms with Crippen LogP contribution in [0.25, 0.3) is 0 Å². The summed E-state index contributed by atoms with van der Waals surface area (Å²) < 4.78 is 24.8. The molecule has 86 valence electrons. The smallest absolute Gasteiger partial charge is 0.210 e. The molecule has 0 radical (unpaired) electrons. The van der Waals surface area contributed by atoms with E-state index >= 15 is 0 Å². The highest BCUT2D eigenvalue weighted by Crippen LogP contribution is 2.39. The van der Waals surface area contributed by atoms with Crippen LogP contribution in [0.15, 0.2) is 52.3 Å². The van der Waals surface area contributed by atoms with Gasteiger partial charge in [0.2, 0.25) is 9.84 Å². The lowest BCUT2D eigenvalue weighted by Crippen LogP contribution is -2.13. The van der Waals surface area contributed by atoms with Gasteiger partial charge in [-0.1, -0.05) is 18.2 Å². The highest BCUT2D eigenvalue weighted by molar-refractivity contribution is 7.92. The lowest BCUT2D eigenvalue weighted by molar-refractivity contribution is 0.595. The third-order valence-corrected chi connectivity index (χ3v) is 4.72. The Bertz CT molecular complexity index is 705. The quantitative estimate of drug-likeness (QED) is 0.662. The van der Waals surface area contributed by atoms with Gasteiger partial charge in [0, 0.05) is 0 Å². The number of aryl methyl sites for hydroxylation is 1. The normalized spacial score (nSPS) is 15.6. The summed E-state index contributed by atoms with van der Waals surface area (Å²) in [5.74, 6) is 0. The Morgan fingerprint density at radius 1 is 0.941 bits per heavy atom. The molecule has 3 rings (SSSR count). The first-order valence-electron chi connectivity index (χ1n) is 5.31. The van der Waals surface area contributed by atoms with Gasteiger partial charge in [-0.05, 0) is 36.8 Å². The van der Waals surface area contributed by atoms with Crippen LogP contribution < -0.4 is 5.32 Å². The van der Waals surface area contributed by atoms with Crippen LogP contribution in [0.2, 0.25) is 0 Å². The second-order valence-electron chi connectivity index (χ2n) is 4.12. The molecular formula is C13H11NO2S. The molecule has 17 heavy (non-hydrogen) atoms. The lowest BCUT2D eigenvalue weighted by atomic mass is 10.2.